The number of benzene rings is 2. The molecule has 0 radical (unpaired) electrons. The number of aromatic nitrogens is 2. The number of halogens is 1. The zero-order valence-corrected chi connectivity index (χ0v) is 17.5. The normalized spacial score (nSPS) is 17.1. The Hall–Kier alpha value is -2.63. The molecule has 3 aromatic rings. The molecule has 1 aliphatic heterocycles. The van der Waals surface area contributed by atoms with E-state index in [0.29, 0.717) is 17.1 Å². The van der Waals surface area contributed by atoms with E-state index in [0.717, 1.165) is 30.9 Å². The molecule has 0 saturated carbocycles. The summed E-state index contributed by atoms with van der Waals surface area (Å²) in [6, 6.07) is 15.7. The van der Waals surface area contributed by atoms with E-state index in [4.69, 9.17) is 11.6 Å². The summed E-state index contributed by atoms with van der Waals surface area (Å²) in [4.78, 5) is 17.9. The van der Waals surface area contributed by atoms with Crippen LogP contribution < -0.4 is 4.90 Å². The fraction of sp³-hybridized carbons (Fsp3) is 0.304. The second-order valence-electron chi connectivity index (χ2n) is 7.48. The van der Waals surface area contributed by atoms with Gasteiger partial charge in [-0.05, 0) is 55.8 Å². The highest BCUT2D eigenvalue weighted by Gasteiger charge is 2.29. The minimum Gasteiger partial charge on any atom is -0.306 e. The van der Waals surface area contributed by atoms with Crippen LogP contribution in [-0.2, 0) is 6.54 Å². The van der Waals surface area contributed by atoms with E-state index < -0.39 is 0 Å². The summed E-state index contributed by atoms with van der Waals surface area (Å²) in [6.45, 7) is 6.86. The van der Waals surface area contributed by atoms with Crippen molar-refractivity contribution in [2.75, 3.05) is 18.0 Å². The van der Waals surface area contributed by atoms with Gasteiger partial charge in [-0.25, -0.2) is 4.68 Å². The Morgan fingerprint density at radius 3 is 2.76 bits per heavy atom. The number of hydrogen-bond acceptors (Lipinski definition) is 3. The molecule has 5 nitrogen and oxygen atoms in total. The van der Waals surface area contributed by atoms with Crippen molar-refractivity contribution < 1.29 is 4.79 Å². The number of carbonyl (C=O) groups excluding carboxylic acids is 1. The number of para-hydroxylation sites is 1. The van der Waals surface area contributed by atoms with E-state index in [9.17, 15) is 4.79 Å². The monoisotopic (exact) mass is 408 g/mol. The number of hydrogen-bond donors (Lipinski definition) is 0. The molecule has 2 heterocycles. The third kappa shape index (κ3) is 3.93. The first kappa shape index (κ1) is 19.7. The SMILES string of the molecule is CCCN1Cc2ccccc2N(C(=O)c2ccc(-n3cccn3)cc2Cl)C[C@H]1C. The molecule has 0 saturated heterocycles. The molecule has 1 amide bonds. The summed E-state index contributed by atoms with van der Waals surface area (Å²) in [5.74, 6) is -0.0698. The lowest BCUT2D eigenvalue weighted by Gasteiger charge is -2.29. The molecular formula is C23H25ClN4O. The first-order valence-electron chi connectivity index (χ1n) is 10.0. The highest BCUT2D eigenvalue weighted by molar-refractivity contribution is 6.34. The molecule has 0 N–H and O–H groups in total. The quantitative estimate of drug-likeness (QED) is 0.623. The van der Waals surface area contributed by atoms with Crippen LogP contribution in [0.4, 0.5) is 5.69 Å². The van der Waals surface area contributed by atoms with Gasteiger partial charge in [0.2, 0.25) is 0 Å². The van der Waals surface area contributed by atoms with Gasteiger partial charge >= 0.3 is 0 Å². The molecule has 0 spiro atoms. The maximum atomic E-state index is 13.5. The number of carbonyl (C=O) groups is 1. The van der Waals surface area contributed by atoms with Crippen LogP contribution in [0.1, 0.15) is 36.2 Å². The van der Waals surface area contributed by atoms with Crippen LogP contribution in [0.5, 0.6) is 0 Å². The van der Waals surface area contributed by atoms with E-state index in [2.05, 4.69) is 29.9 Å². The molecule has 0 aliphatic carbocycles. The van der Waals surface area contributed by atoms with Gasteiger partial charge in [0, 0.05) is 37.2 Å². The van der Waals surface area contributed by atoms with Gasteiger partial charge in [-0.2, -0.15) is 5.10 Å². The summed E-state index contributed by atoms with van der Waals surface area (Å²) in [6.07, 6.45) is 4.65. The summed E-state index contributed by atoms with van der Waals surface area (Å²) in [7, 11) is 0. The highest BCUT2D eigenvalue weighted by atomic mass is 35.5. The minimum absolute atomic E-state index is 0.0698. The lowest BCUT2D eigenvalue weighted by atomic mass is 10.1. The van der Waals surface area contributed by atoms with Gasteiger partial charge in [0.15, 0.2) is 0 Å². The van der Waals surface area contributed by atoms with E-state index in [1.54, 1.807) is 23.0 Å². The maximum absolute atomic E-state index is 13.5. The summed E-state index contributed by atoms with van der Waals surface area (Å²) >= 11 is 6.54. The molecule has 2 aromatic carbocycles. The molecule has 1 aromatic heterocycles. The van der Waals surface area contributed by atoms with Gasteiger partial charge in [0.05, 0.1) is 16.3 Å². The van der Waals surface area contributed by atoms with Gasteiger partial charge in [-0.3, -0.25) is 9.69 Å². The second kappa shape index (κ2) is 8.39. The van der Waals surface area contributed by atoms with E-state index in [-0.39, 0.29) is 11.9 Å². The highest BCUT2D eigenvalue weighted by Crippen LogP contribution is 2.30. The number of fused-ring (bicyclic) bond motifs is 1. The van der Waals surface area contributed by atoms with E-state index in [1.807, 2.05) is 41.4 Å². The first-order valence-corrected chi connectivity index (χ1v) is 10.4. The number of nitrogens with zero attached hydrogens (tertiary/aromatic N) is 4. The van der Waals surface area contributed by atoms with Crippen LogP contribution in [-0.4, -0.2) is 39.7 Å². The lowest BCUT2D eigenvalue weighted by Crippen LogP contribution is -2.42. The average molecular weight is 409 g/mol. The number of anilines is 1. The Kier molecular flexibility index (Phi) is 5.69. The van der Waals surface area contributed by atoms with Crippen LogP contribution in [0.3, 0.4) is 0 Å². The van der Waals surface area contributed by atoms with Crippen molar-refractivity contribution in [2.24, 2.45) is 0 Å². The fourth-order valence-corrected chi connectivity index (χ4v) is 4.18. The Bertz CT molecular complexity index is 1000. The molecule has 0 fully saturated rings. The van der Waals surface area contributed by atoms with Crippen LogP contribution >= 0.6 is 11.6 Å². The van der Waals surface area contributed by atoms with Crippen molar-refractivity contribution >= 4 is 23.2 Å². The predicted molar refractivity (Wildman–Crippen MR) is 117 cm³/mol. The molecular weight excluding hydrogens is 384 g/mol. The summed E-state index contributed by atoms with van der Waals surface area (Å²) < 4.78 is 1.73. The van der Waals surface area contributed by atoms with Gasteiger partial charge in [0.25, 0.3) is 5.91 Å². The average Bonchev–Trinajstić information content (AvgIpc) is 3.22. The second-order valence-corrected chi connectivity index (χ2v) is 7.89. The smallest absolute Gasteiger partial charge is 0.259 e. The number of rotatable bonds is 4. The lowest BCUT2D eigenvalue weighted by molar-refractivity contribution is 0.0978. The third-order valence-corrected chi connectivity index (χ3v) is 5.75. The van der Waals surface area contributed by atoms with Crippen LogP contribution in [0, 0.1) is 0 Å². The van der Waals surface area contributed by atoms with Crippen molar-refractivity contribution in [2.45, 2.75) is 32.9 Å². The molecule has 1 aliphatic rings. The van der Waals surface area contributed by atoms with Crippen LogP contribution in [0.2, 0.25) is 5.02 Å². The predicted octanol–water partition coefficient (Wildman–Crippen LogP) is 4.79. The number of amides is 1. The zero-order valence-electron chi connectivity index (χ0n) is 16.8. The van der Waals surface area contributed by atoms with E-state index >= 15 is 0 Å². The van der Waals surface area contributed by atoms with E-state index in [1.165, 1.54) is 5.56 Å². The van der Waals surface area contributed by atoms with Gasteiger partial charge in [-0.15, -0.1) is 0 Å². The van der Waals surface area contributed by atoms with Crippen molar-refractivity contribution in [1.29, 1.82) is 0 Å². The van der Waals surface area contributed by atoms with Crippen molar-refractivity contribution in [3.63, 3.8) is 0 Å². The fourth-order valence-electron chi connectivity index (χ4n) is 3.93. The first-order chi connectivity index (χ1) is 14.1. The minimum atomic E-state index is -0.0698. The molecule has 0 bridgehead atoms. The Balaban J connectivity index is 1.69. The van der Waals surface area contributed by atoms with Gasteiger partial charge in [0.1, 0.15) is 0 Å². The van der Waals surface area contributed by atoms with Crippen molar-refractivity contribution in [3.8, 4) is 5.69 Å². The largest absolute Gasteiger partial charge is 0.306 e. The topological polar surface area (TPSA) is 41.4 Å². The van der Waals surface area contributed by atoms with Crippen molar-refractivity contribution in [1.82, 2.24) is 14.7 Å². The third-order valence-electron chi connectivity index (χ3n) is 5.43. The molecule has 150 valence electrons. The molecule has 6 heteroatoms. The maximum Gasteiger partial charge on any atom is 0.259 e. The Labute approximate surface area is 176 Å². The van der Waals surface area contributed by atoms with Gasteiger partial charge < -0.3 is 4.90 Å². The van der Waals surface area contributed by atoms with Crippen LogP contribution in [0.25, 0.3) is 5.69 Å². The molecule has 29 heavy (non-hydrogen) atoms. The Morgan fingerprint density at radius 1 is 1.21 bits per heavy atom. The summed E-state index contributed by atoms with van der Waals surface area (Å²) in [5, 5.41) is 4.66. The standard InChI is InChI=1S/C23H25ClN4O/c1-3-12-26-16-18-7-4-5-8-22(18)27(15-17(26)2)23(29)20-10-9-19(14-21(20)24)28-13-6-11-25-28/h4-11,13-14,17H,3,12,15-16H2,1-2H3/t17-/m1/s1. The van der Waals surface area contributed by atoms with Crippen LogP contribution in [0.15, 0.2) is 60.9 Å². The molecule has 1 atom stereocenters. The Morgan fingerprint density at radius 2 is 2.03 bits per heavy atom. The molecule has 4 rings (SSSR count). The summed E-state index contributed by atoms with van der Waals surface area (Å²) in [5.41, 5.74) is 3.47. The zero-order chi connectivity index (χ0) is 20.4. The van der Waals surface area contributed by atoms with Crippen molar-refractivity contribution in [3.05, 3.63) is 77.1 Å². The van der Waals surface area contributed by atoms with Gasteiger partial charge in [-0.1, -0.05) is 36.7 Å². The molecule has 0 unspecified atom stereocenters.